The second-order valence-electron chi connectivity index (χ2n) is 6.69. The Balaban J connectivity index is 1.75. The number of ketones is 1. The van der Waals surface area contributed by atoms with Gasteiger partial charge in [-0.3, -0.25) is 14.4 Å². The van der Waals surface area contributed by atoms with Crippen LogP contribution in [-0.4, -0.2) is 61.1 Å². The van der Waals surface area contributed by atoms with Gasteiger partial charge in [0.1, 0.15) is 0 Å². The van der Waals surface area contributed by atoms with Gasteiger partial charge in [0.2, 0.25) is 0 Å². The van der Waals surface area contributed by atoms with Crippen LogP contribution in [0, 0.1) is 5.92 Å². The highest BCUT2D eigenvalue weighted by Crippen LogP contribution is 2.21. The number of para-hydroxylation sites is 1. The van der Waals surface area contributed by atoms with Crippen LogP contribution >= 0.6 is 0 Å². The number of benzene rings is 1. The van der Waals surface area contributed by atoms with Gasteiger partial charge in [0.15, 0.2) is 19.0 Å². The SMILES string of the molecule is CC(=O)c1ccccc1NC(=O)COC(=O)C1CCN(C(=O)OCC(F)(F)F)CC1. The molecule has 1 saturated heterocycles. The summed E-state index contributed by atoms with van der Waals surface area (Å²) in [7, 11) is 0. The number of piperidine rings is 1. The number of alkyl halides is 3. The Morgan fingerprint density at radius 1 is 1.10 bits per heavy atom. The monoisotopic (exact) mass is 430 g/mol. The third kappa shape index (κ3) is 7.05. The van der Waals surface area contributed by atoms with Gasteiger partial charge in [0.25, 0.3) is 5.91 Å². The highest BCUT2D eigenvalue weighted by atomic mass is 19.4. The molecule has 1 aromatic carbocycles. The van der Waals surface area contributed by atoms with Crippen molar-refractivity contribution in [3.05, 3.63) is 29.8 Å². The van der Waals surface area contributed by atoms with E-state index < -0.39 is 43.3 Å². The van der Waals surface area contributed by atoms with Crippen molar-refractivity contribution in [2.45, 2.75) is 25.9 Å². The molecule has 2 rings (SSSR count). The average Bonchev–Trinajstić information content (AvgIpc) is 2.70. The molecule has 0 saturated carbocycles. The number of carbonyl (C=O) groups is 4. The molecule has 1 N–H and O–H groups in total. The van der Waals surface area contributed by atoms with Gasteiger partial charge in [0.05, 0.1) is 11.6 Å². The second kappa shape index (κ2) is 10.1. The number of anilines is 1. The molecule has 11 heteroatoms. The summed E-state index contributed by atoms with van der Waals surface area (Å²) in [6.45, 7) is -0.797. The Bertz CT molecular complexity index is 804. The smallest absolute Gasteiger partial charge is 0.422 e. The maximum Gasteiger partial charge on any atom is 0.422 e. The summed E-state index contributed by atoms with van der Waals surface area (Å²) in [5, 5.41) is 2.50. The van der Waals surface area contributed by atoms with Crippen molar-refractivity contribution in [3.8, 4) is 0 Å². The number of ether oxygens (including phenoxy) is 2. The second-order valence-corrected chi connectivity index (χ2v) is 6.69. The largest absolute Gasteiger partial charge is 0.455 e. The number of esters is 1. The molecule has 0 bridgehead atoms. The van der Waals surface area contributed by atoms with E-state index in [9.17, 15) is 32.3 Å². The van der Waals surface area contributed by atoms with Crippen molar-refractivity contribution in [1.29, 1.82) is 0 Å². The van der Waals surface area contributed by atoms with E-state index in [4.69, 9.17) is 4.74 Å². The van der Waals surface area contributed by atoms with Crippen LogP contribution in [0.25, 0.3) is 0 Å². The number of hydrogen-bond donors (Lipinski definition) is 1. The van der Waals surface area contributed by atoms with Gasteiger partial charge in [0, 0.05) is 18.7 Å². The number of amides is 2. The van der Waals surface area contributed by atoms with E-state index in [1.54, 1.807) is 24.3 Å². The van der Waals surface area contributed by atoms with Gasteiger partial charge in [-0.2, -0.15) is 13.2 Å². The van der Waals surface area contributed by atoms with E-state index in [1.807, 2.05) is 0 Å². The van der Waals surface area contributed by atoms with Gasteiger partial charge >= 0.3 is 18.2 Å². The summed E-state index contributed by atoms with van der Waals surface area (Å²) in [5.41, 5.74) is 0.624. The zero-order valence-electron chi connectivity index (χ0n) is 16.2. The minimum atomic E-state index is -4.61. The van der Waals surface area contributed by atoms with E-state index in [0.29, 0.717) is 11.3 Å². The fraction of sp³-hybridized carbons (Fsp3) is 0.474. The fourth-order valence-electron chi connectivity index (χ4n) is 2.87. The van der Waals surface area contributed by atoms with Gasteiger partial charge < -0.3 is 19.7 Å². The summed E-state index contributed by atoms with van der Waals surface area (Å²) >= 11 is 0. The Kier molecular flexibility index (Phi) is 7.79. The first kappa shape index (κ1) is 23.2. The van der Waals surface area contributed by atoms with Gasteiger partial charge in [-0.1, -0.05) is 12.1 Å². The van der Waals surface area contributed by atoms with Crippen molar-refractivity contribution in [3.63, 3.8) is 0 Å². The molecule has 164 valence electrons. The lowest BCUT2D eigenvalue weighted by Crippen LogP contribution is -2.42. The van der Waals surface area contributed by atoms with Crippen LogP contribution in [0.4, 0.5) is 23.7 Å². The molecule has 0 spiro atoms. The number of halogens is 3. The topological polar surface area (TPSA) is 102 Å². The molecule has 1 aromatic rings. The predicted octanol–water partition coefficient (Wildman–Crippen LogP) is 2.78. The summed E-state index contributed by atoms with van der Waals surface area (Å²) in [6, 6.07) is 6.39. The average molecular weight is 430 g/mol. The summed E-state index contributed by atoms with van der Waals surface area (Å²) in [4.78, 5) is 48.4. The Labute approximate surface area is 170 Å². The molecule has 0 unspecified atom stereocenters. The van der Waals surface area contributed by atoms with Crippen LogP contribution in [0.5, 0.6) is 0 Å². The number of nitrogens with one attached hydrogen (secondary N) is 1. The summed E-state index contributed by atoms with van der Waals surface area (Å²) < 4.78 is 45.4. The molecular weight excluding hydrogens is 409 g/mol. The molecule has 30 heavy (non-hydrogen) atoms. The highest BCUT2D eigenvalue weighted by Gasteiger charge is 2.33. The van der Waals surface area contributed by atoms with E-state index in [-0.39, 0.29) is 31.7 Å². The van der Waals surface area contributed by atoms with E-state index in [1.165, 1.54) is 6.92 Å². The van der Waals surface area contributed by atoms with E-state index in [2.05, 4.69) is 10.1 Å². The molecule has 2 amide bonds. The maximum atomic E-state index is 12.1. The molecule has 0 atom stereocenters. The molecule has 0 radical (unpaired) electrons. The predicted molar refractivity (Wildman–Crippen MR) is 97.7 cm³/mol. The highest BCUT2D eigenvalue weighted by molar-refractivity contribution is 6.04. The lowest BCUT2D eigenvalue weighted by Gasteiger charge is -2.30. The number of hydrogen-bond acceptors (Lipinski definition) is 6. The van der Waals surface area contributed by atoms with Crippen LogP contribution in [-0.2, 0) is 19.1 Å². The lowest BCUT2D eigenvalue weighted by molar-refractivity contribution is -0.163. The first-order chi connectivity index (χ1) is 14.1. The van der Waals surface area contributed by atoms with Gasteiger partial charge in [-0.15, -0.1) is 0 Å². The first-order valence-electron chi connectivity index (χ1n) is 9.11. The minimum absolute atomic E-state index is 0.0363. The van der Waals surface area contributed by atoms with Crippen LogP contribution in [0.3, 0.4) is 0 Å². The van der Waals surface area contributed by atoms with E-state index >= 15 is 0 Å². The summed E-state index contributed by atoms with van der Waals surface area (Å²) in [5.74, 6) is -2.09. The molecular formula is C19H21F3N2O6. The third-order valence-corrected chi connectivity index (χ3v) is 4.37. The normalized spacial score (nSPS) is 14.7. The minimum Gasteiger partial charge on any atom is -0.455 e. The number of carbonyl (C=O) groups excluding carboxylic acids is 4. The van der Waals surface area contributed by atoms with Crippen molar-refractivity contribution >= 4 is 29.4 Å². The quantitative estimate of drug-likeness (QED) is 0.550. The summed E-state index contributed by atoms with van der Waals surface area (Å²) in [6.07, 6.45) is -5.35. The molecule has 1 heterocycles. The fourth-order valence-corrected chi connectivity index (χ4v) is 2.87. The van der Waals surface area contributed by atoms with E-state index in [0.717, 1.165) is 4.90 Å². The standard InChI is InChI=1S/C19H21F3N2O6/c1-12(25)14-4-2-3-5-15(14)23-16(26)10-29-17(27)13-6-8-24(9-7-13)18(28)30-11-19(20,21)22/h2-5,13H,6-11H2,1H3,(H,23,26). The molecule has 0 aliphatic carbocycles. The Morgan fingerprint density at radius 2 is 1.73 bits per heavy atom. The molecule has 8 nitrogen and oxygen atoms in total. The van der Waals surface area contributed by atoms with Crippen LogP contribution in [0.2, 0.25) is 0 Å². The van der Waals surface area contributed by atoms with Crippen LogP contribution < -0.4 is 5.32 Å². The van der Waals surface area contributed by atoms with Crippen molar-refractivity contribution < 1.29 is 41.8 Å². The third-order valence-electron chi connectivity index (χ3n) is 4.37. The van der Waals surface area contributed by atoms with Gasteiger partial charge in [-0.05, 0) is 31.9 Å². The van der Waals surface area contributed by atoms with Crippen LogP contribution in [0.1, 0.15) is 30.1 Å². The lowest BCUT2D eigenvalue weighted by atomic mass is 9.97. The molecule has 1 aliphatic heterocycles. The molecule has 1 fully saturated rings. The van der Waals surface area contributed by atoms with Crippen molar-refractivity contribution in [2.75, 3.05) is 31.6 Å². The van der Waals surface area contributed by atoms with Crippen molar-refractivity contribution in [2.24, 2.45) is 5.92 Å². The zero-order chi connectivity index (χ0) is 22.3. The first-order valence-corrected chi connectivity index (χ1v) is 9.11. The van der Waals surface area contributed by atoms with Gasteiger partial charge in [-0.25, -0.2) is 4.79 Å². The van der Waals surface area contributed by atoms with Crippen LogP contribution in [0.15, 0.2) is 24.3 Å². The Hall–Kier alpha value is -3.11. The molecule has 0 aromatic heterocycles. The Morgan fingerprint density at radius 3 is 2.33 bits per heavy atom. The number of likely N-dealkylation sites (tertiary alicyclic amines) is 1. The zero-order valence-corrected chi connectivity index (χ0v) is 16.2. The number of rotatable bonds is 6. The molecule has 1 aliphatic rings. The number of Topliss-reactive ketones (excluding diaryl/α,β-unsaturated/α-hetero) is 1. The maximum absolute atomic E-state index is 12.1. The number of nitrogens with zero attached hydrogens (tertiary/aromatic N) is 1. The van der Waals surface area contributed by atoms with Crippen molar-refractivity contribution in [1.82, 2.24) is 4.90 Å².